The number of benzene rings is 3. The Bertz CT molecular complexity index is 1170. The van der Waals surface area contributed by atoms with Crippen LogP contribution in [0.2, 0.25) is 0 Å². The number of nitrogens with zero attached hydrogens (tertiary/aromatic N) is 1. The van der Waals surface area contributed by atoms with E-state index in [9.17, 15) is 14.4 Å². The molecule has 5 rings (SSSR count). The molecule has 3 atom stereocenters. The summed E-state index contributed by atoms with van der Waals surface area (Å²) in [4.78, 5) is 40.9. The quantitative estimate of drug-likeness (QED) is 0.440. The third kappa shape index (κ3) is 3.21. The van der Waals surface area contributed by atoms with Crippen LogP contribution in [-0.2, 0) is 16.0 Å². The summed E-state index contributed by atoms with van der Waals surface area (Å²) in [7, 11) is 0. The lowest BCUT2D eigenvalue weighted by Gasteiger charge is -2.29. The van der Waals surface area contributed by atoms with Crippen molar-refractivity contribution in [1.82, 2.24) is 4.90 Å². The van der Waals surface area contributed by atoms with Crippen LogP contribution >= 0.6 is 0 Å². The van der Waals surface area contributed by atoms with Crippen LogP contribution in [0, 0.1) is 0 Å². The highest BCUT2D eigenvalue weighted by molar-refractivity contribution is 6.21. The number of carbonyl (C=O) groups excluding carboxylic acids is 3. The molecule has 0 N–H and O–H groups in total. The molecule has 2 amide bonds. The van der Waals surface area contributed by atoms with Gasteiger partial charge in [0.05, 0.1) is 17.0 Å². The molecule has 0 unspecified atom stereocenters. The number of rotatable bonds is 5. The third-order valence-corrected chi connectivity index (χ3v) is 6.41. The molecule has 0 saturated carbocycles. The summed E-state index contributed by atoms with van der Waals surface area (Å²) in [6, 6.07) is 23.4. The van der Waals surface area contributed by atoms with Gasteiger partial charge in [-0.2, -0.15) is 0 Å². The van der Waals surface area contributed by atoms with Gasteiger partial charge in [-0.1, -0.05) is 73.7 Å². The maximum atomic E-state index is 13.2. The smallest absolute Gasteiger partial charge is 0.313 e. The van der Waals surface area contributed by atoms with Crippen molar-refractivity contribution in [1.29, 1.82) is 0 Å². The van der Waals surface area contributed by atoms with Gasteiger partial charge in [-0.05, 0) is 35.2 Å². The van der Waals surface area contributed by atoms with Crippen molar-refractivity contribution >= 4 is 17.8 Å². The van der Waals surface area contributed by atoms with Gasteiger partial charge in [0.15, 0.2) is 0 Å². The molecular weight excluding hydrogens is 402 g/mol. The van der Waals surface area contributed by atoms with Gasteiger partial charge < -0.3 is 4.74 Å². The normalized spacial score (nSPS) is 20.1. The molecular formula is C27H23NO4. The Hall–Kier alpha value is -3.73. The van der Waals surface area contributed by atoms with Crippen LogP contribution in [0.1, 0.15) is 62.7 Å². The fraction of sp³-hybridized carbons (Fsp3) is 0.222. The number of hydrogen-bond acceptors (Lipinski definition) is 4. The molecule has 3 aromatic rings. The van der Waals surface area contributed by atoms with E-state index in [0.29, 0.717) is 24.0 Å². The minimum atomic E-state index is -0.643. The van der Waals surface area contributed by atoms with Crippen molar-refractivity contribution in [2.75, 3.05) is 0 Å². The van der Waals surface area contributed by atoms with E-state index < -0.39 is 18.1 Å². The molecule has 0 radical (unpaired) electrons. The number of carbonyl (C=O) groups is 3. The zero-order valence-corrected chi connectivity index (χ0v) is 17.7. The largest absolute Gasteiger partial charge is 0.459 e. The van der Waals surface area contributed by atoms with E-state index in [4.69, 9.17) is 4.74 Å². The molecule has 1 aliphatic heterocycles. The zero-order valence-electron chi connectivity index (χ0n) is 17.7. The van der Waals surface area contributed by atoms with E-state index in [-0.39, 0.29) is 17.8 Å². The standard InChI is InChI=1S/C27H23NO4/c1-2-19(17-10-4-3-5-11-17)27(31)32-23-16-18-12-6-7-13-20(18)24(23)28-25(29)21-14-8-9-15-22(21)26(28)30/h3-15,19,23-24H,2,16H2,1H3/t19-,23+,24-/m0/s1. The van der Waals surface area contributed by atoms with Crippen molar-refractivity contribution in [3.63, 3.8) is 0 Å². The lowest BCUT2D eigenvalue weighted by atomic mass is 9.96. The van der Waals surface area contributed by atoms with E-state index in [1.807, 2.05) is 61.5 Å². The van der Waals surface area contributed by atoms with Crippen molar-refractivity contribution in [2.24, 2.45) is 0 Å². The fourth-order valence-electron chi connectivity index (χ4n) is 4.86. The second-order valence-corrected chi connectivity index (χ2v) is 8.22. The average Bonchev–Trinajstić information content (AvgIpc) is 3.29. The Kier molecular flexibility index (Phi) is 5.10. The lowest BCUT2D eigenvalue weighted by Crippen LogP contribution is -2.40. The van der Waals surface area contributed by atoms with E-state index in [2.05, 4.69) is 0 Å². The second kappa shape index (κ2) is 8.08. The van der Waals surface area contributed by atoms with E-state index in [1.54, 1.807) is 24.3 Å². The minimum Gasteiger partial charge on any atom is -0.459 e. The molecule has 160 valence electrons. The van der Waals surface area contributed by atoms with Crippen molar-refractivity contribution < 1.29 is 19.1 Å². The first-order chi connectivity index (χ1) is 15.6. The summed E-state index contributed by atoms with van der Waals surface area (Å²) in [5.41, 5.74) is 3.52. The highest BCUT2D eigenvalue weighted by atomic mass is 16.5. The molecule has 0 fully saturated rings. The molecule has 0 aromatic heterocycles. The maximum Gasteiger partial charge on any atom is 0.313 e. The Morgan fingerprint density at radius 1 is 0.906 bits per heavy atom. The number of fused-ring (bicyclic) bond motifs is 2. The van der Waals surface area contributed by atoms with Crippen LogP contribution < -0.4 is 0 Å². The number of amides is 2. The average molecular weight is 425 g/mol. The first-order valence-electron chi connectivity index (χ1n) is 10.9. The Morgan fingerprint density at radius 2 is 1.50 bits per heavy atom. The van der Waals surface area contributed by atoms with Gasteiger partial charge in [-0.15, -0.1) is 0 Å². The first kappa shape index (κ1) is 20.2. The predicted molar refractivity (Wildman–Crippen MR) is 119 cm³/mol. The molecule has 0 bridgehead atoms. The summed E-state index contributed by atoms with van der Waals surface area (Å²) >= 11 is 0. The summed E-state index contributed by atoms with van der Waals surface area (Å²) in [6.45, 7) is 1.95. The van der Waals surface area contributed by atoms with E-state index in [0.717, 1.165) is 16.7 Å². The Labute approximate surface area is 186 Å². The fourth-order valence-corrected chi connectivity index (χ4v) is 4.86. The second-order valence-electron chi connectivity index (χ2n) is 8.22. The van der Waals surface area contributed by atoms with Gasteiger partial charge >= 0.3 is 5.97 Å². The van der Waals surface area contributed by atoms with Crippen LogP contribution in [0.25, 0.3) is 0 Å². The lowest BCUT2D eigenvalue weighted by molar-refractivity contribution is -0.153. The Balaban J connectivity index is 1.48. The topological polar surface area (TPSA) is 63.7 Å². The number of hydrogen-bond donors (Lipinski definition) is 0. The maximum absolute atomic E-state index is 13.2. The van der Waals surface area contributed by atoms with Gasteiger partial charge in [0.1, 0.15) is 12.1 Å². The molecule has 1 aliphatic carbocycles. The SMILES string of the molecule is CC[C@H](C(=O)O[C@@H]1Cc2ccccc2[C@@H]1N1C(=O)c2ccccc2C1=O)c1ccccc1. The van der Waals surface area contributed by atoms with Crippen molar-refractivity contribution in [2.45, 2.75) is 37.8 Å². The van der Waals surface area contributed by atoms with Gasteiger partial charge in [0, 0.05) is 6.42 Å². The molecule has 5 heteroatoms. The van der Waals surface area contributed by atoms with Crippen LogP contribution in [0.4, 0.5) is 0 Å². The summed E-state index contributed by atoms with van der Waals surface area (Å²) < 4.78 is 6.04. The first-order valence-corrected chi connectivity index (χ1v) is 10.9. The minimum absolute atomic E-state index is 0.335. The third-order valence-electron chi connectivity index (χ3n) is 6.41. The molecule has 32 heavy (non-hydrogen) atoms. The van der Waals surface area contributed by atoms with E-state index >= 15 is 0 Å². The molecule has 0 spiro atoms. The predicted octanol–water partition coefficient (Wildman–Crippen LogP) is 4.69. The van der Waals surface area contributed by atoms with Crippen molar-refractivity contribution in [3.8, 4) is 0 Å². The van der Waals surface area contributed by atoms with Crippen LogP contribution in [-0.4, -0.2) is 28.8 Å². The number of ether oxygens (including phenoxy) is 1. The van der Waals surface area contributed by atoms with Gasteiger partial charge in [0.2, 0.25) is 0 Å². The van der Waals surface area contributed by atoms with E-state index in [1.165, 1.54) is 4.90 Å². The van der Waals surface area contributed by atoms with Gasteiger partial charge in [-0.25, -0.2) is 0 Å². The number of imide groups is 1. The van der Waals surface area contributed by atoms with Crippen LogP contribution in [0.3, 0.4) is 0 Å². The monoisotopic (exact) mass is 425 g/mol. The highest BCUT2D eigenvalue weighted by Gasteiger charge is 2.48. The van der Waals surface area contributed by atoms with Gasteiger partial charge in [-0.3, -0.25) is 19.3 Å². The summed E-state index contributed by atoms with van der Waals surface area (Å²) in [6.07, 6.45) is 0.436. The molecule has 0 saturated heterocycles. The number of esters is 1. The zero-order chi connectivity index (χ0) is 22.2. The van der Waals surface area contributed by atoms with Crippen LogP contribution in [0.15, 0.2) is 78.9 Å². The van der Waals surface area contributed by atoms with Crippen molar-refractivity contribution in [3.05, 3.63) is 107 Å². The molecule has 5 nitrogen and oxygen atoms in total. The molecule has 3 aromatic carbocycles. The molecule has 2 aliphatic rings. The highest BCUT2D eigenvalue weighted by Crippen LogP contribution is 2.42. The summed E-state index contributed by atoms with van der Waals surface area (Å²) in [5.74, 6) is -1.42. The van der Waals surface area contributed by atoms with Gasteiger partial charge in [0.25, 0.3) is 11.8 Å². The molecule has 1 heterocycles. The Morgan fingerprint density at radius 3 is 2.16 bits per heavy atom. The van der Waals surface area contributed by atoms with Crippen LogP contribution in [0.5, 0.6) is 0 Å². The summed E-state index contributed by atoms with van der Waals surface area (Å²) in [5, 5.41) is 0.